The minimum Gasteiger partial charge on any atom is -0.497 e. The second-order valence-electron chi connectivity index (χ2n) is 8.16. The molecule has 1 aliphatic rings. The highest BCUT2D eigenvalue weighted by Gasteiger charge is 2.55. The summed E-state index contributed by atoms with van der Waals surface area (Å²) in [4.78, 5) is 45.5. The SMILES string of the molecule is COc1ccc(C(=O)N(CC(=O)[N@+]2(C(N)=O)CCCC2Oc2ccccn2)c2ccccc2)cc1. The zero-order valence-corrected chi connectivity index (χ0v) is 19.4. The molecule has 0 spiro atoms. The summed E-state index contributed by atoms with van der Waals surface area (Å²) in [6.45, 7) is -0.176. The highest BCUT2D eigenvalue weighted by atomic mass is 16.5. The van der Waals surface area contributed by atoms with E-state index < -0.39 is 28.6 Å². The van der Waals surface area contributed by atoms with Crippen molar-refractivity contribution in [1.29, 1.82) is 0 Å². The molecule has 0 aliphatic carbocycles. The quantitative estimate of drug-likeness (QED) is 0.525. The molecule has 2 atom stereocenters. The fourth-order valence-electron chi connectivity index (χ4n) is 4.28. The number of urea groups is 1. The van der Waals surface area contributed by atoms with Crippen molar-refractivity contribution in [2.24, 2.45) is 5.73 Å². The summed E-state index contributed by atoms with van der Waals surface area (Å²) in [6.07, 6.45) is 1.74. The topological polar surface area (TPSA) is 112 Å². The molecule has 0 bridgehead atoms. The molecule has 1 aliphatic heterocycles. The fourth-order valence-corrected chi connectivity index (χ4v) is 4.28. The highest BCUT2D eigenvalue weighted by Crippen LogP contribution is 2.30. The van der Waals surface area contributed by atoms with E-state index in [4.69, 9.17) is 15.2 Å². The van der Waals surface area contributed by atoms with Gasteiger partial charge in [0.2, 0.25) is 5.88 Å². The Balaban J connectivity index is 1.66. The molecular formula is C26H27N4O5+. The zero-order chi connectivity index (χ0) is 24.8. The molecule has 2 heterocycles. The van der Waals surface area contributed by atoms with Crippen LogP contribution < -0.4 is 20.1 Å². The molecule has 1 saturated heterocycles. The minimum atomic E-state index is -0.830. The van der Waals surface area contributed by atoms with Crippen molar-refractivity contribution in [3.05, 3.63) is 84.6 Å². The van der Waals surface area contributed by atoms with Gasteiger partial charge in [-0.1, -0.05) is 24.3 Å². The van der Waals surface area contributed by atoms with Crippen LogP contribution in [0.2, 0.25) is 0 Å². The Kier molecular flexibility index (Phi) is 7.07. The number of imide groups is 1. The van der Waals surface area contributed by atoms with E-state index in [0.717, 1.165) is 0 Å². The van der Waals surface area contributed by atoms with Crippen LogP contribution in [-0.2, 0) is 4.79 Å². The summed E-state index contributed by atoms with van der Waals surface area (Å²) < 4.78 is 10.4. The van der Waals surface area contributed by atoms with E-state index >= 15 is 0 Å². The van der Waals surface area contributed by atoms with Crippen molar-refractivity contribution in [2.45, 2.75) is 19.1 Å². The number of primary amides is 1. The summed E-state index contributed by atoms with van der Waals surface area (Å²) in [5.41, 5.74) is 6.70. The lowest BCUT2D eigenvalue weighted by molar-refractivity contribution is -0.807. The van der Waals surface area contributed by atoms with E-state index in [1.54, 1.807) is 72.9 Å². The number of carbonyl (C=O) groups excluding carboxylic acids is 3. The number of rotatable bonds is 7. The number of hydrogen-bond donors (Lipinski definition) is 1. The van der Waals surface area contributed by atoms with Crippen molar-refractivity contribution in [2.75, 3.05) is 25.1 Å². The van der Waals surface area contributed by atoms with Gasteiger partial charge in [-0.15, -0.1) is 4.48 Å². The molecule has 35 heavy (non-hydrogen) atoms. The van der Waals surface area contributed by atoms with Crippen LogP contribution in [0.5, 0.6) is 11.6 Å². The van der Waals surface area contributed by atoms with Gasteiger partial charge in [0.05, 0.1) is 13.7 Å². The average molecular weight is 476 g/mol. The third-order valence-corrected chi connectivity index (χ3v) is 6.13. The summed E-state index contributed by atoms with van der Waals surface area (Å²) in [5.74, 6) is -0.0169. The number of methoxy groups -OCH3 is 1. The molecule has 9 nitrogen and oxygen atoms in total. The summed E-state index contributed by atoms with van der Waals surface area (Å²) in [7, 11) is 1.54. The molecule has 0 saturated carbocycles. The fraction of sp³-hybridized carbons (Fsp3) is 0.231. The molecule has 9 heteroatoms. The predicted octanol–water partition coefficient (Wildman–Crippen LogP) is 3.36. The number of nitrogens with two attached hydrogens (primary N) is 1. The lowest BCUT2D eigenvalue weighted by Gasteiger charge is -2.34. The number of para-hydroxylation sites is 1. The van der Waals surface area contributed by atoms with E-state index in [1.807, 2.05) is 6.07 Å². The summed E-state index contributed by atoms with van der Waals surface area (Å²) in [6, 6.07) is 19.8. The number of ether oxygens (including phenoxy) is 2. The third kappa shape index (κ3) is 4.85. The lowest BCUT2D eigenvalue weighted by atomic mass is 10.1. The van der Waals surface area contributed by atoms with Crippen LogP contribution in [0.25, 0.3) is 0 Å². The Labute approximate surface area is 203 Å². The van der Waals surface area contributed by atoms with Gasteiger partial charge >= 0.3 is 11.9 Å². The number of likely N-dealkylation sites (tertiary alicyclic amines) is 1. The van der Waals surface area contributed by atoms with E-state index in [1.165, 1.54) is 12.0 Å². The normalized spacial score (nSPS) is 19.1. The summed E-state index contributed by atoms with van der Waals surface area (Å²) in [5, 5.41) is 0. The predicted molar refractivity (Wildman–Crippen MR) is 129 cm³/mol. The van der Waals surface area contributed by atoms with Gasteiger partial charge in [0.15, 0.2) is 0 Å². The molecule has 1 unspecified atom stereocenters. The molecule has 0 radical (unpaired) electrons. The van der Waals surface area contributed by atoms with Crippen LogP contribution in [0.15, 0.2) is 79.0 Å². The molecule has 2 aromatic carbocycles. The molecule has 3 aromatic rings. The lowest BCUT2D eigenvalue weighted by Crippen LogP contribution is -2.66. The van der Waals surface area contributed by atoms with E-state index in [2.05, 4.69) is 4.98 Å². The van der Waals surface area contributed by atoms with Gasteiger partial charge in [-0.3, -0.25) is 9.69 Å². The van der Waals surface area contributed by atoms with Crippen molar-refractivity contribution >= 4 is 23.5 Å². The number of aromatic nitrogens is 1. The molecule has 2 N–H and O–H groups in total. The molecule has 180 valence electrons. The third-order valence-electron chi connectivity index (χ3n) is 6.13. The number of hydrogen-bond acceptors (Lipinski definition) is 6. The van der Waals surface area contributed by atoms with Gasteiger partial charge in [0.25, 0.3) is 12.1 Å². The Hall–Kier alpha value is -4.24. The smallest absolute Gasteiger partial charge is 0.424 e. The maximum Gasteiger partial charge on any atom is 0.424 e. The largest absolute Gasteiger partial charge is 0.497 e. The number of benzene rings is 2. The van der Waals surface area contributed by atoms with Crippen molar-refractivity contribution < 1.29 is 28.3 Å². The molecular weight excluding hydrogens is 448 g/mol. The van der Waals surface area contributed by atoms with Gasteiger partial charge < -0.3 is 15.2 Å². The first-order valence-electron chi connectivity index (χ1n) is 11.3. The number of nitrogens with zero attached hydrogens (tertiary/aromatic N) is 3. The monoisotopic (exact) mass is 475 g/mol. The van der Waals surface area contributed by atoms with Gasteiger partial charge in [-0.05, 0) is 42.5 Å². The average Bonchev–Trinajstić information content (AvgIpc) is 3.32. The number of amides is 4. The maximum absolute atomic E-state index is 13.8. The molecule has 1 fully saturated rings. The van der Waals surface area contributed by atoms with Crippen LogP contribution in [0.3, 0.4) is 0 Å². The first kappa shape index (κ1) is 23.9. The van der Waals surface area contributed by atoms with Gasteiger partial charge in [0.1, 0.15) is 12.3 Å². The molecule has 1 aromatic heterocycles. The van der Waals surface area contributed by atoms with Crippen LogP contribution in [0.1, 0.15) is 23.2 Å². The number of pyridine rings is 1. The molecule has 4 amide bonds. The number of quaternary nitrogens is 1. The second kappa shape index (κ2) is 10.4. The molecule has 4 rings (SSSR count). The van der Waals surface area contributed by atoms with E-state index in [0.29, 0.717) is 35.7 Å². The van der Waals surface area contributed by atoms with Crippen LogP contribution in [0.4, 0.5) is 10.5 Å². The highest BCUT2D eigenvalue weighted by molar-refractivity contribution is 6.08. The zero-order valence-electron chi connectivity index (χ0n) is 19.4. The Morgan fingerprint density at radius 3 is 2.37 bits per heavy atom. The maximum atomic E-state index is 13.8. The minimum absolute atomic E-state index is 0.186. The van der Waals surface area contributed by atoms with E-state index in [-0.39, 0.29) is 13.1 Å². The first-order chi connectivity index (χ1) is 17.0. The number of carbonyl (C=O) groups is 3. The van der Waals surface area contributed by atoms with Crippen LogP contribution >= 0.6 is 0 Å². The van der Waals surface area contributed by atoms with Crippen LogP contribution in [-0.4, -0.2) is 53.7 Å². The van der Waals surface area contributed by atoms with Crippen LogP contribution in [0, 0.1) is 0 Å². The second-order valence-corrected chi connectivity index (χ2v) is 8.16. The first-order valence-corrected chi connectivity index (χ1v) is 11.3. The number of anilines is 1. The summed E-state index contributed by atoms with van der Waals surface area (Å²) >= 11 is 0. The van der Waals surface area contributed by atoms with Gasteiger partial charge in [-0.25, -0.2) is 14.6 Å². The van der Waals surface area contributed by atoms with Crippen molar-refractivity contribution in [3.8, 4) is 11.6 Å². The van der Waals surface area contributed by atoms with Crippen molar-refractivity contribution in [3.63, 3.8) is 0 Å². The Morgan fingerprint density at radius 1 is 1.03 bits per heavy atom. The van der Waals surface area contributed by atoms with Gasteiger partial charge in [0, 0.05) is 36.4 Å². The Bertz CT molecular complexity index is 1190. The standard InChI is InChI=1S/C26H26N4O5/c1-34-21-14-12-19(13-15-21)25(32)29(20-8-3-2-4-9-20)18-23(31)30(26(27)33)17-7-11-24(30)35-22-10-5-6-16-28-22/h2-6,8-10,12-16,24H,7,11,17-18H2,1H3,(H-,27,33)/p+1/t24?,30-/m1/s1. The van der Waals surface area contributed by atoms with Gasteiger partial charge in [-0.2, -0.15) is 0 Å². The van der Waals surface area contributed by atoms with Crippen molar-refractivity contribution in [1.82, 2.24) is 4.98 Å². The Morgan fingerprint density at radius 2 is 1.74 bits per heavy atom. The van der Waals surface area contributed by atoms with E-state index in [9.17, 15) is 14.4 Å².